The van der Waals surface area contributed by atoms with Crippen LogP contribution in [0, 0.1) is 13.8 Å². The lowest BCUT2D eigenvalue weighted by molar-refractivity contribution is -0.130. The lowest BCUT2D eigenvalue weighted by Crippen LogP contribution is -2.32. The number of nitrogens with zero attached hydrogens (tertiary/aromatic N) is 3. The molecule has 0 saturated heterocycles. The zero-order valence-electron chi connectivity index (χ0n) is 22.7. The first-order chi connectivity index (χ1) is 19.4. The summed E-state index contributed by atoms with van der Waals surface area (Å²) in [4.78, 5) is 22.2. The Kier molecular flexibility index (Phi) is 8.11. The number of anilines is 1. The maximum atomic E-state index is 13.6. The number of aryl methyl sites for hydroxylation is 2. The van der Waals surface area contributed by atoms with Gasteiger partial charge in [0.2, 0.25) is 17.7 Å². The zero-order valence-corrected chi connectivity index (χ0v) is 23.7. The van der Waals surface area contributed by atoms with E-state index in [0.29, 0.717) is 36.3 Å². The number of amides is 1. The minimum absolute atomic E-state index is 0.0380. The molecule has 0 fully saturated rings. The Balaban J connectivity index is 1.46. The lowest BCUT2D eigenvalue weighted by Gasteiger charge is -2.21. The molecule has 202 valence electrons. The standard InChI is InChI=1S/C31H30N4O4Si/c1-21-22(2)33-39-30(21)34-40(37)28-12-8-7-11-27(28)26-15-14-24(31-32-17-18-38-31)19-25(26)20-35(3)29(36)16-13-23-9-5-4-6-10-23/h4-12,14-15,17-19,34H,13,16,20H2,1-3H3. The number of nitrogens with one attached hydrogen (secondary N) is 1. The second-order valence-electron chi connectivity index (χ2n) is 9.67. The van der Waals surface area contributed by atoms with Gasteiger partial charge in [0.05, 0.1) is 11.9 Å². The van der Waals surface area contributed by atoms with Gasteiger partial charge in [-0.05, 0) is 54.7 Å². The summed E-state index contributed by atoms with van der Waals surface area (Å²) in [6.45, 7) is 4.08. The van der Waals surface area contributed by atoms with Crippen molar-refractivity contribution in [3.63, 3.8) is 0 Å². The van der Waals surface area contributed by atoms with Crippen molar-refractivity contribution in [3.8, 4) is 22.6 Å². The van der Waals surface area contributed by atoms with Gasteiger partial charge in [-0.1, -0.05) is 65.8 Å². The van der Waals surface area contributed by atoms with Gasteiger partial charge in [-0.15, -0.1) is 0 Å². The van der Waals surface area contributed by atoms with E-state index in [1.165, 1.54) is 6.26 Å². The van der Waals surface area contributed by atoms with E-state index in [0.717, 1.165) is 39.1 Å². The van der Waals surface area contributed by atoms with Crippen LogP contribution in [0.1, 0.15) is 28.8 Å². The van der Waals surface area contributed by atoms with Gasteiger partial charge >= 0.3 is 8.84 Å². The molecule has 8 nitrogen and oxygen atoms in total. The van der Waals surface area contributed by atoms with E-state index in [-0.39, 0.29) is 5.91 Å². The Morgan fingerprint density at radius 2 is 1.77 bits per heavy atom. The van der Waals surface area contributed by atoms with Crippen molar-refractivity contribution in [2.45, 2.75) is 33.2 Å². The molecule has 40 heavy (non-hydrogen) atoms. The van der Waals surface area contributed by atoms with Gasteiger partial charge in [-0.2, -0.15) is 0 Å². The van der Waals surface area contributed by atoms with E-state index in [1.807, 2.05) is 86.6 Å². The predicted molar refractivity (Wildman–Crippen MR) is 154 cm³/mol. The fraction of sp³-hybridized carbons (Fsp3) is 0.194. The van der Waals surface area contributed by atoms with Gasteiger partial charge in [0.1, 0.15) is 6.26 Å². The van der Waals surface area contributed by atoms with Gasteiger partial charge in [0.25, 0.3) is 0 Å². The van der Waals surface area contributed by atoms with Crippen molar-refractivity contribution in [2.75, 3.05) is 12.0 Å². The fourth-order valence-electron chi connectivity index (χ4n) is 4.54. The van der Waals surface area contributed by atoms with Crippen LogP contribution in [0.15, 0.2) is 94.2 Å². The molecule has 0 bridgehead atoms. The van der Waals surface area contributed by atoms with Crippen LogP contribution >= 0.6 is 0 Å². The van der Waals surface area contributed by atoms with E-state index in [9.17, 15) is 9.26 Å². The Labute approximate surface area is 234 Å². The van der Waals surface area contributed by atoms with Crippen LogP contribution in [-0.4, -0.2) is 36.8 Å². The van der Waals surface area contributed by atoms with Gasteiger partial charge in [-0.25, -0.2) is 4.98 Å². The molecule has 0 unspecified atom stereocenters. The SMILES string of the molecule is Cc1noc(N[Si](=O)c2ccccc2-c2ccc(-c3ncco3)cc2CN(C)C(=O)CCc2ccccc2)c1C. The molecule has 0 aliphatic rings. The molecule has 5 aromatic rings. The van der Waals surface area contributed by atoms with E-state index in [1.54, 1.807) is 18.1 Å². The van der Waals surface area contributed by atoms with Crippen molar-refractivity contribution in [1.29, 1.82) is 0 Å². The van der Waals surface area contributed by atoms with Crippen LogP contribution in [0.25, 0.3) is 22.6 Å². The van der Waals surface area contributed by atoms with E-state index < -0.39 is 8.84 Å². The second-order valence-corrected chi connectivity index (χ2v) is 11.1. The quantitative estimate of drug-likeness (QED) is 0.231. The summed E-state index contributed by atoms with van der Waals surface area (Å²) in [7, 11) is -0.697. The summed E-state index contributed by atoms with van der Waals surface area (Å²) in [5.41, 5.74) is 6.06. The molecule has 0 spiro atoms. The molecular formula is C31H30N4O4Si. The van der Waals surface area contributed by atoms with Crippen LogP contribution in [0.5, 0.6) is 0 Å². The number of rotatable bonds is 10. The molecule has 0 aliphatic heterocycles. The van der Waals surface area contributed by atoms with Gasteiger partial charge in [0, 0.05) is 36.3 Å². The first-order valence-corrected chi connectivity index (χ1v) is 14.5. The first-order valence-electron chi connectivity index (χ1n) is 13.0. The normalized spacial score (nSPS) is 10.9. The zero-order chi connectivity index (χ0) is 28.1. The van der Waals surface area contributed by atoms with E-state index >= 15 is 0 Å². The molecule has 0 radical (unpaired) electrons. The summed E-state index contributed by atoms with van der Waals surface area (Å²) in [6.07, 6.45) is 4.20. The number of oxazole rings is 1. The summed E-state index contributed by atoms with van der Waals surface area (Å²) in [5.74, 6) is 0.931. The number of hydrogen-bond acceptors (Lipinski definition) is 6. The highest BCUT2D eigenvalue weighted by molar-refractivity contribution is 6.64. The molecule has 0 saturated carbocycles. The largest absolute Gasteiger partial charge is 0.445 e. The predicted octanol–water partition coefficient (Wildman–Crippen LogP) is 5.44. The van der Waals surface area contributed by atoms with Crippen molar-refractivity contribution < 1.29 is 18.2 Å². The third-order valence-corrected chi connectivity index (χ3v) is 8.31. The molecule has 1 N–H and O–H groups in total. The third-order valence-electron chi connectivity index (χ3n) is 6.93. The first kappa shape index (κ1) is 27.0. The highest BCUT2D eigenvalue weighted by Gasteiger charge is 2.22. The number of aromatic nitrogens is 2. The van der Waals surface area contributed by atoms with Gasteiger partial charge in [0.15, 0.2) is 0 Å². The highest BCUT2D eigenvalue weighted by atomic mass is 28.3. The number of benzene rings is 3. The molecule has 0 aliphatic carbocycles. The Morgan fingerprint density at radius 1 is 1.00 bits per heavy atom. The monoisotopic (exact) mass is 550 g/mol. The van der Waals surface area contributed by atoms with Crippen molar-refractivity contribution in [3.05, 3.63) is 108 Å². The van der Waals surface area contributed by atoms with Gasteiger partial charge in [-0.3, -0.25) is 4.79 Å². The van der Waals surface area contributed by atoms with Crippen molar-refractivity contribution >= 4 is 25.8 Å². The minimum atomic E-state index is -2.50. The molecule has 1 amide bonds. The minimum Gasteiger partial charge on any atom is -0.445 e. The van der Waals surface area contributed by atoms with Crippen LogP contribution in [-0.2, 0) is 22.2 Å². The number of carbonyl (C=O) groups excluding carboxylic acids is 1. The Bertz CT molecular complexity index is 1630. The van der Waals surface area contributed by atoms with E-state index in [4.69, 9.17) is 8.94 Å². The summed E-state index contributed by atoms with van der Waals surface area (Å²) in [6, 6.07) is 23.4. The van der Waals surface area contributed by atoms with Crippen molar-refractivity contribution in [1.82, 2.24) is 15.0 Å². The van der Waals surface area contributed by atoms with Gasteiger partial charge < -0.3 is 23.3 Å². The maximum Gasteiger partial charge on any atom is 0.436 e. The molecule has 2 aromatic heterocycles. The van der Waals surface area contributed by atoms with Crippen LogP contribution in [0.2, 0.25) is 0 Å². The molecular weight excluding hydrogens is 520 g/mol. The summed E-state index contributed by atoms with van der Waals surface area (Å²) in [5, 5.41) is 4.62. The molecule has 0 atom stereocenters. The Hall–Kier alpha value is -4.63. The maximum absolute atomic E-state index is 13.6. The molecule has 2 heterocycles. The molecule has 9 heteroatoms. The van der Waals surface area contributed by atoms with Crippen LogP contribution in [0.3, 0.4) is 0 Å². The number of hydrogen-bond donors (Lipinski definition) is 1. The molecule has 3 aromatic carbocycles. The lowest BCUT2D eigenvalue weighted by atomic mass is 9.96. The number of carbonyl (C=O) groups is 1. The van der Waals surface area contributed by atoms with Crippen LogP contribution < -0.4 is 10.2 Å². The third kappa shape index (κ3) is 5.99. The molecule has 5 rings (SSSR count). The average Bonchev–Trinajstić information content (AvgIpc) is 3.63. The smallest absolute Gasteiger partial charge is 0.436 e. The van der Waals surface area contributed by atoms with Crippen molar-refractivity contribution in [2.24, 2.45) is 0 Å². The topological polar surface area (TPSA) is 101 Å². The summed E-state index contributed by atoms with van der Waals surface area (Å²) >= 11 is 0. The summed E-state index contributed by atoms with van der Waals surface area (Å²) < 4.78 is 24.5. The van der Waals surface area contributed by atoms with E-state index in [2.05, 4.69) is 15.1 Å². The highest BCUT2D eigenvalue weighted by Crippen LogP contribution is 2.29. The fourth-order valence-corrected chi connectivity index (χ4v) is 5.82. The Morgan fingerprint density at radius 3 is 2.50 bits per heavy atom. The van der Waals surface area contributed by atoms with Crippen LogP contribution in [0.4, 0.5) is 5.88 Å². The average molecular weight is 551 g/mol. The second kappa shape index (κ2) is 12.0.